The average molecular weight is 255 g/mol. The van der Waals surface area contributed by atoms with Gasteiger partial charge >= 0.3 is 5.97 Å². The van der Waals surface area contributed by atoms with Crippen LogP contribution in [0.5, 0.6) is 0 Å². The van der Waals surface area contributed by atoms with Crippen LogP contribution < -0.4 is 5.32 Å². The summed E-state index contributed by atoms with van der Waals surface area (Å²) >= 11 is 0. The van der Waals surface area contributed by atoms with Crippen molar-refractivity contribution >= 4 is 11.9 Å². The third-order valence-corrected chi connectivity index (χ3v) is 3.88. The summed E-state index contributed by atoms with van der Waals surface area (Å²) in [6, 6.07) is -0.235. The molecule has 3 atom stereocenters. The Bertz CT molecular complexity index is 312. The molecule has 0 unspecified atom stereocenters. The molecular formula is C13H21NO4. The number of carbonyl (C=O) groups is 2. The summed E-state index contributed by atoms with van der Waals surface area (Å²) in [6.07, 6.45) is 5.67. The van der Waals surface area contributed by atoms with Gasteiger partial charge < -0.3 is 15.2 Å². The zero-order valence-corrected chi connectivity index (χ0v) is 10.6. The van der Waals surface area contributed by atoms with E-state index in [0.717, 1.165) is 38.5 Å². The molecule has 102 valence electrons. The monoisotopic (exact) mass is 255 g/mol. The van der Waals surface area contributed by atoms with Gasteiger partial charge in [0.2, 0.25) is 5.91 Å². The van der Waals surface area contributed by atoms with Crippen molar-refractivity contribution in [2.45, 2.75) is 57.1 Å². The molecule has 2 N–H and O–H groups in total. The first-order valence-corrected chi connectivity index (χ1v) is 6.83. The Kier molecular flexibility index (Phi) is 4.58. The van der Waals surface area contributed by atoms with Gasteiger partial charge in [-0.2, -0.15) is 0 Å². The highest BCUT2D eigenvalue weighted by molar-refractivity contribution is 5.82. The van der Waals surface area contributed by atoms with Gasteiger partial charge in [-0.15, -0.1) is 0 Å². The first kappa shape index (κ1) is 13.3. The minimum Gasteiger partial charge on any atom is -0.481 e. The van der Waals surface area contributed by atoms with Gasteiger partial charge in [-0.3, -0.25) is 9.59 Å². The molecular weight excluding hydrogens is 234 g/mol. The minimum absolute atomic E-state index is 0.134. The molecule has 1 heterocycles. The van der Waals surface area contributed by atoms with Crippen molar-refractivity contribution in [1.29, 1.82) is 0 Å². The maximum atomic E-state index is 12.0. The van der Waals surface area contributed by atoms with Gasteiger partial charge in [0.15, 0.2) is 0 Å². The van der Waals surface area contributed by atoms with Crippen molar-refractivity contribution < 1.29 is 19.4 Å². The number of carbonyl (C=O) groups excluding carboxylic acids is 1. The van der Waals surface area contributed by atoms with Crippen molar-refractivity contribution in [3.63, 3.8) is 0 Å². The Morgan fingerprint density at radius 3 is 2.50 bits per heavy atom. The van der Waals surface area contributed by atoms with Gasteiger partial charge in [0, 0.05) is 12.6 Å². The van der Waals surface area contributed by atoms with Crippen LogP contribution in [0.3, 0.4) is 0 Å². The van der Waals surface area contributed by atoms with E-state index in [1.54, 1.807) is 0 Å². The second-order valence-electron chi connectivity index (χ2n) is 5.20. The van der Waals surface area contributed by atoms with Crippen LogP contribution in [0.25, 0.3) is 0 Å². The number of carboxylic acids is 1. The fourth-order valence-electron chi connectivity index (χ4n) is 2.84. The zero-order valence-electron chi connectivity index (χ0n) is 10.6. The van der Waals surface area contributed by atoms with Crippen LogP contribution >= 0.6 is 0 Å². The molecule has 0 spiro atoms. The third kappa shape index (κ3) is 3.22. The Morgan fingerprint density at radius 1 is 1.06 bits per heavy atom. The van der Waals surface area contributed by atoms with Gasteiger partial charge in [0.25, 0.3) is 0 Å². The van der Waals surface area contributed by atoms with E-state index < -0.39 is 11.9 Å². The molecule has 5 nitrogen and oxygen atoms in total. The molecule has 1 saturated carbocycles. The van der Waals surface area contributed by atoms with Gasteiger partial charge in [-0.1, -0.05) is 19.3 Å². The number of nitrogens with one attached hydrogen (secondary N) is 1. The molecule has 2 fully saturated rings. The molecule has 5 heteroatoms. The van der Waals surface area contributed by atoms with E-state index in [2.05, 4.69) is 5.32 Å². The summed E-state index contributed by atoms with van der Waals surface area (Å²) < 4.78 is 5.32. The van der Waals surface area contributed by atoms with Crippen molar-refractivity contribution in [3.8, 4) is 0 Å². The lowest BCUT2D eigenvalue weighted by atomic mass is 9.94. The third-order valence-electron chi connectivity index (χ3n) is 3.88. The maximum Gasteiger partial charge on any atom is 0.308 e. The predicted octanol–water partition coefficient (Wildman–Crippen LogP) is 1.32. The highest BCUT2D eigenvalue weighted by atomic mass is 16.5. The molecule has 0 aromatic heterocycles. The molecule has 0 aromatic rings. The Morgan fingerprint density at radius 2 is 1.83 bits per heavy atom. The molecule has 0 bridgehead atoms. The summed E-state index contributed by atoms with van der Waals surface area (Å²) in [5, 5.41) is 12.1. The van der Waals surface area contributed by atoms with Crippen molar-refractivity contribution in [1.82, 2.24) is 5.32 Å². The fourth-order valence-corrected chi connectivity index (χ4v) is 2.84. The SMILES string of the molecule is O=C(N[C@@H]1CCCCC[C@@H]1C(=O)O)[C@@H]1CCCO1. The number of hydrogen-bond donors (Lipinski definition) is 2. The van der Waals surface area contributed by atoms with Gasteiger partial charge in [0.05, 0.1) is 5.92 Å². The summed E-state index contributed by atoms with van der Waals surface area (Å²) in [5.74, 6) is -1.38. The first-order chi connectivity index (χ1) is 8.68. The smallest absolute Gasteiger partial charge is 0.308 e. The molecule has 2 rings (SSSR count). The van der Waals surface area contributed by atoms with Crippen LogP contribution in [-0.2, 0) is 14.3 Å². The van der Waals surface area contributed by atoms with Gasteiger partial charge in [-0.05, 0) is 25.7 Å². The first-order valence-electron chi connectivity index (χ1n) is 6.83. The topological polar surface area (TPSA) is 75.6 Å². The molecule has 1 saturated heterocycles. The molecule has 0 radical (unpaired) electrons. The average Bonchev–Trinajstić information content (AvgIpc) is 2.77. The molecule has 18 heavy (non-hydrogen) atoms. The van der Waals surface area contributed by atoms with E-state index >= 15 is 0 Å². The predicted molar refractivity (Wildman–Crippen MR) is 65.1 cm³/mol. The number of rotatable bonds is 3. The normalized spacial score (nSPS) is 32.8. The van der Waals surface area contributed by atoms with Crippen LogP contribution in [0.2, 0.25) is 0 Å². The van der Waals surface area contributed by atoms with Crippen LogP contribution in [0.1, 0.15) is 44.9 Å². The Hall–Kier alpha value is -1.10. The number of hydrogen-bond acceptors (Lipinski definition) is 3. The molecule has 1 aliphatic heterocycles. The second kappa shape index (κ2) is 6.18. The quantitative estimate of drug-likeness (QED) is 0.746. The van der Waals surface area contributed by atoms with Crippen LogP contribution in [0.15, 0.2) is 0 Å². The van der Waals surface area contributed by atoms with Crippen molar-refractivity contribution in [2.24, 2.45) is 5.92 Å². The van der Waals surface area contributed by atoms with Gasteiger partial charge in [0.1, 0.15) is 6.10 Å². The van der Waals surface area contributed by atoms with E-state index in [4.69, 9.17) is 4.74 Å². The van der Waals surface area contributed by atoms with E-state index in [0.29, 0.717) is 13.0 Å². The van der Waals surface area contributed by atoms with Crippen LogP contribution in [0.4, 0.5) is 0 Å². The van der Waals surface area contributed by atoms with E-state index in [1.807, 2.05) is 0 Å². The standard InChI is InChI=1S/C13H21NO4/c15-12(11-7-4-8-18-11)14-10-6-3-1-2-5-9(10)13(16)17/h9-11H,1-8H2,(H,14,15)(H,16,17)/t9-,10+,11-/m0/s1. The zero-order chi connectivity index (χ0) is 13.0. The van der Waals surface area contributed by atoms with Crippen molar-refractivity contribution in [3.05, 3.63) is 0 Å². The summed E-state index contributed by atoms with van der Waals surface area (Å²) in [7, 11) is 0. The number of amides is 1. The molecule has 1 aliphatic carbocycles. The van der Waals surface area contributed by atoms with Crippen molar-refractivity contribution in [2.75, 3.05) is 6.61 Å². The van der Waals surface area contributed by atoms with Gasteiger partial charge in [-0.25, -0.2) is 0 Å². The molecule has 0 aromatic carbocycles. The maximum absolute atomic E-state index is 12.0. The summed E-state index contributed by atoms with van der Waals surface area (Å²) in [5.41, 5.74) is 0. The second-order valence-corrected chi connectivity index (χ2v) is 5.20. The summed E-state index contributed by atoms with van der Waals surface area (Å²) in [6.45, 7) is 0.630. The Balaban J connectivity index is 1.95. The van der Waals surface area contributed by atoms with Crippen LogP contribution in [-0.4, -0.2) is 35.7 Å². The molecule has 1 amide bonds. The van der Waals surface area contributed by atoms with E-state index in [-0.39, 0.29) is 18.1 Å². The lowest BCUT2D eigenvalue weighted by Gasteiger charge is -2.24. The van der Waals surface area contributed by atoms with E-state index in [9.17, 15) is 14.7 Å². The highest BCUT2D eigenvalue weighted by Crippen LogP contribution is 2.24. The lowest BCUT2D eigenvalue weighted by Crippen LogP contribution is -2.46. The van der Waals surface area contributed by atoms with E-state index in [1.165, 1.54) is 0 Å². The Labute approximate surface area is 107 Å². The summed E-state index contributed by atoms with van der Waals surface area (Å²) in [4.78, 5) is 23.2. The minimum atomic E-state index is -0.797. The highest BCUT2D eigenvalue weighted by Gasteiger charge is 2.33. The number of aliphatic carboxylic acids is 1. The molecule has 2 aliphatic rings. The lowest BCUT2D eigenvalue weighted by molar-refractivity contribution is -0.143. The fraction of sp³-hybridized carbons (Fsp3) is 0.846. The number of ether oxygens (including phenoxy) is 1. The van der Waals surface area contributed by atoms with Crippen LogP contribution in [0, 0.1) is 5.92 Å². The number of carboxylic acid groups (broad SMARTS) is 1. The largest absolute Gasteiger partial charge is 0.481 e.